The van der Waals surface area contributed by atoms with Crippen LogP contribution in [0.15, 0.2) is 96.4 Å². The molecule has 8 N–H and O–H groups in total. The number of fused-ring (bicyclic) bond motifs is 1. The smallest absolute Gasteiger partial charge is 0.351 e. The maximum Gasteiger partial charge on any atom is 0.351 e. The lowest BCUT2D eigenvalue weighted by atomic mass is 10.1. The van der Waals surface area contributed by atoms with Crippen LogP contribution in [0.25, 0.3) is 10.8 Å². The van der Waals surface area contributed by atoms with Crippen LogP contribution in [-0.4, -0.2) is 66.7 Å². The predicted octanol–water partition coefficient (Wildman–Crippen LogP) is 5.33. The van der Waals surface area contributed by atoms with Crippen molar-refractivity contribution < 1.29 is 44.7 Å². The van der Waals surface area contributed by atoms with E-state index in [1.807, 2.05) is 0 Å². The van der Waals surface area contributed by atoms with E-state index in [-0.39, 0.29) is 28.4 Å². The highest BCUT2D eigenvalue weighted by Gasteiger charge is 2.28. The number of phenols is 1. The molecule has 1 aromatic heterocycles. The highest BCUT2D eigenvalue weighted by molar-refractivity contribution is 8.19. The molecule has 252 valence electrons. The summed E-state index contributed by atoms with van der Waals surface area (Å²) in [4.78, 5) is 22.1. The summed E-state index contributed by atoms with van der Waals surface area (Å²) >= 11 is 0. The third-order valence-electron chi connectivity index (χ3n) is 6.70. The maximum atomic E-state index is 12.5. The van der Waals surface area contributed by atoms with Gasteiger partial charge in [0.2, 0.25) is 11.9 Å². The number of aromatic nitrogens is 3. The number of para-hydroxylation sites is 1. The molecule has 0 radical (unpaired) electrons. The van der Waals surface area contributed by atoms with E-state index in [2.05, 4.69) is 30.5 Å². The number of aryl methyl sites for hydroxylation is 1. The Balaban J connectivity index is 1.74. The number of phenolic OH excluding ortho intramolecular Hbond substituents is 1. The minimum absolute atomic E-state index is 0.106. The van der Waals surface area contributed by atoms with E-state index >= 15 is 0 Å². The summed E-state index contributed by atoms with van der Waals surface area (Å²) in [6.07, 6.45) is 0. The van der Waals surface area contributed by atoms with Gasteiger partial charge in [-0.1, -0.05) is 24.3 Å². The van der Waals surface area contributed by atoms with Gasteiger partial charge in [-0.15, -0.1) is 10.2 Å². The lowest BCUT2D eigenvalue weighted by Gasteiger charge is -2.23. The molecule has 0 unspecified atom stereocenters. The Hall–Kier alpha value is -5.00. The van der Waals surface area contributed by atoms with Crippen molar-refractivity contribution in [1.82, 2.24) is 15.0 Å². The Kier molecular flexibility index (Phi) is 8.98. The second-order valence-corrected chi connectivity index (χ2v) is 14.4. The van der Waals surface area contributed by atoms with E-state index in [0.29, 0.717) is 11.3 Å². The summed E-state index contributed by atoms with van der Waals surface area (Å²) in [5.41, 5.74) is -1.45. The molecule has 0 aliphatic heterocycles. The second kappa shape index (κ2) is 12.6. The normalized spacial score (nSPS) is 12.8. The number of rotatable bonds is 9. The van der Waals surface area contributed by atoms with Gasteiger partial charge in [-0.25, -0.2) is 4.79 Å². The summed E-state index contributed by atoms with van der Waals surface area (Å²) in [6.45, 7) is 1.53. The third kappa shape index (κ3) is 7.27. The van der Waals surface area contributed by atoms with Crippen LogP contribution < -0.4 is 15.9 Å². The molecule has 1 heterocycles. The molecule has 0 aliphatic carbocycles. The molecule has 18 nitrogen and oxygen atoms in total. The van der Waals surface area contributed by atoms with Crippen molar-refractivity contribution in [2.45, 2.75) is 21.6 Å². The highest BCUT2D eigenvalue weighted by atomic mass is 32.3. The van der Waals surface area contributed by atoms with Crippen molar-refractivity contribution in [3.63, 3.8) is 0 Å². The van der Waals surface area contributed by atoms with Crippen LogP contribution in [0.4, 0.5) is 34.6 Å². The van der Waals surface area contributed by atoms with Crippen molar-refractivity contribution in [2.24, 2.45) is 10.2 Å². The zero-order valence-electron chi connectivity index (χ0n) is 24.5. The number of hydrogen-bond donors (Lipinski definition) is 8. The number of azo groups is 1. The van der Waals surface area contributed by atoms with E-state index < -0.39 is 68.6 Å². The van der Waals surface area contributed by atoms with Crippen molar-refractivity contribution in [1.29, 1.82) is 0 Å². The van der Waals surface area contributed by atoms with Gasteiger partial charge in [0.1, 0.15) is 27.1 Å². The minimum Gasteiger partial charge on any atom is -0.505 e. The molecule has 0 aliphatic rings. The lowest BCUT2D eigenvalue weighted by molar-refractivity contribution is 0.375. The quantitative estimate of drug-likeness (QED) is 0.0705. The Morgan fingerprint density at radius 1 is 0.833 bits per heavy atom. The Bertz CT molecular complexity index is 2380. The molecule has 0 saturated carbocycles. The van der Waals surface area contributed by atoms with Crippen LogP contribution in [0, 0.1) is 6.92 Å². The minimum atomic E-state index is -4.95. The van der Waals surface area contributed by atoms with Crippen molar-refractivity contribution in [3.05, 3.63) is 82.8 Å². The standard InChI is InChI=1S/C27H25N7O11S3/c1-14-8-9-18(20(10-14)47(40,41)42)32-33-23-21(48(43,44)45)12-15-11-17(46(37,38)39)13-19(22(15)24(23)35)28-25-29-26(31-27(36)30-25)34(2)16-6-4-3-5-7-16/h3-13,35,43-45H,1-2H3,(H,37,38,39)(H,40,41,42)(H2,28,29,30,31,36). The fourth-order valence-electron chi connectivity index (χ4n) is 4.50. The van der Waals surface area contributed by atoms with Gasteiger partial charge >= 0.3 is 5.69 Å². The van der Waals surface area contributed by atoms with Crippen LogP contribution >= 0.6 is 10.9 Å². The molecule has 21 heteroatoms. The first-order chi connectivity index (χ1) is 22.3. The summed E-state index contributed by atoms with van der Waals surface area (Å²) in [5, 5.41) is 21.0. The number of anilines is 4. The van der Waals surface area contributed by atoms with Crippen molar-refractivity contribution in [3.8, 4) is 5.75 Å². The molecule has 48 heavy (non-hydrogen) atoms. The van der Waals surface area contributed by atoms with E-state index in [1.54, 1.807) is 37.4 Å². The Morgan fingerprint density at radius 3 is 2.15 bits per heavy atom. The van der Waals surface area contributed by atoms with Crippen LogP contribution in [0.1, 0.15) is 5.56 Å². The Labute approximate surface area is 273 Å². The summed E-state index contributed by atoms with van der Waals surface area (Å²) in [5.74, 6) is -1.38. The number of aromatic hydroxyl groups is 1. The SMILES string of the molecule is Cc1ccc(N=Nc2c(S(O)(O)O)cc3cc(S(=O)(=O)O)cc(Nc4nc(N(C)c5ccccc5)nc(=O)[nH]4)c3c2O)c(S(=O)(=O)O)c1. The van der Waals surface area contributed by atoms with Crippen LogP contribution in [0.5, 0.6) is 5.75 Å². The van der Waals surface area contributed by atoms with Crippen molar-refractivity contribution in [2.75, 3.05) is 17.3 Å². The monoisotopic (exact) mass is 719 g/mol. The zero-order chi connectivity index (χ0) is 35.2. The van der Waals surface area contributed by atoms with E-state index in [4.69, 9.17) is 0 Å². The molecule has 0 bridgehead atoms. The Morgan fingerprint density at radius 2 is 1.52 bits per heavy atom. The van der Waals surface area contributed by atoms with Gasteiger partial charge in [0.15, 0.2) is 5.75 Å². The number of nitrogens with zero attached hydrogens (tertiary/aromatic N) is 5. The summed E-state index contributed by atoms with van der Waals surface area (Å²) in [6, 6.07) is 14.9. The van der Waals surface area contributed by atoms with Crippen LogP contribution in [0.2, 0.25) is 0 Å². The molecule has 5 aromatic rings. The molecule has 5 rings (SSSR count). The number of H-pyrrole nitrogens is 1. The van der Waals surface area contributed by atoms with Gasteiger partial charge < -0.3 is 29.0 Å². The predicted molar refractivity (Wildman–Crippen MR) is 175 cm³/mol. The number of benzene rings is 4. The van der Waals surface area contributed by atoms with E-state index in [1.165, 1.54) is 17.9 Å². The maximum absolute atomic E-state index is 12.5. The van der Waals surface area contributed by atoms with Crippen molar-refractivity contribution >= 4 is 76.5 Å². The molecule has 0 spiro atoms. The first-order valence-corrected chi connectivity index (χ1v) is 17.6. The third-order valence-corrected chi connectivity index (χ3v) is 9.32. The molecule has 0 fully saturated rings. The fraction of sp³-hybridized carbons (Fsp3) is 0.0741. The van der Waals surface area contributed by atoms with Crippen LogP contribution in [0.3, 0.4) is 0 Å². The molecule has 0 saturated heterocycles. The largest absolute Gasteiger partial charge is 0.505 e. The average molecular weight is 720 g/mol. The van der Waals surface area contributed by atoms with Gasteiger partial charge in [0.05, 0.1) is 15.5 Å². The number of aromatic amines is 1. The van der Waals surface area contributed by atoms with Gasteiger partial charge in [0, 0.05) is 18.1 Å². The topological polar surface area (TPSA) is 288 Å². The second-order valence-electron chi connectivity index (χ2n) is 10.1. The van der Waals surface area contributed by atoms with Gasteiger partial charge in [-0.3, -0.25) is 14.1 Å². The lowest BCUT2D eigenvalue weighted by Crippen LogP contribution is -2.21. The van der Waals surface area contributed by atoms with Gasteiger partial charge in [0.25, 0.3) is 20.2 Å². The average Bonchev–Trinajstić information content (AvgIpc) is 2.99. The molecule has 0 amide bonds. The van der Waals surface area contributed by atoms with E-state index in [9.17, 15) is 49.5 Å². The van der Waals surface area contributed by atoms with E-state index in [0.717, 1.165) is 30.3 Å². The molecular formula is C27H25N7O11S3. The number of hydrogen-bond acceptors (Lipinski definition) is 15. The van der Waals surface area contributed by atoms with Crippen LogP contribution in [-0.2, 0) is 20.2 Å². The summed E-state index contributed by atoms with van der Waals surface area (Å²) in [7, 11) is -13.0. The zero-order valence-corrected chi connectivity index (χ0v) is 27.0. The first-order valence-electron chi connectivity index (χ1n) is 13.2. The molecule has 0 atom stereocenters. The summed E-state index contributed by atoms with van der Waals surface area (Å²) < 4.78 is 98.5. The van der Waals surface area contributed by atoms with Gasteiger partial charge in [-0.2, -0.15) is 26.8 Å². The van der Waals surface area contributed by atoms with Gasteiger partial charge in [-0.05, 0) is 60.3 Å². The first kappa shape index (κ1) is 34.3. The fourth-order valence-corrected chi connectivity index (χ4v) is 6.44. The highest BCUT2D eigenvalue weighted by Crippen LogP contribution is 2.55. The molecule has 4 aromatic carbocycles. The molecular weight excluding hydrogens is 695 g/mol. The number of nitrogens with one attached hydrogen (secondary N) is 2.